The second kappa shape index (κ2) is 4.94. The lowest BCUT2D eigenvalue weighted by atomic mass is 10.4. The van der Waals surface area contributed by atoms with Gasteiger partial charge in [0, 0.05) is 12.8 Å². The summed E-state index contributed by atoms with van der Waals surface area (Å²) in [7, 11) is -4.64. The topological polar surface area (TPSA) is 104 Å². The van der Waals surface area contributed by atoms with Crippen molar-refractivity contribution in [2.75, 3.05) is 0 Å². The molecule has 0 bridgehead atoms. The zero-order chi connectivity index (χ0) is 9.78. The molecule has 1 fully saturated rings. The van der Waals surface area contributed by atoms with E-state index in [1.807, 2.05) is 0 Å². The Kier molecular flexibility index (Phi) is 4.96. The molecule has 1 rings (SSSR count). The normalized spacial score (nSPS) is 22.7. The van der Waals surface area contributed by atoms with E-state index in [-0.39, 0.29) is 11.0 Å². The predicted octanol–water partition coefficient (Wildman–Crippen LogP) is 0.116. The Hall–Kier alpha value is 0.0600. The molecule has 8 heteroatoms. The quantitative estimate of drug-likeness (QED) is 0.325. The highest BCUT2D eigenvalue weighted by Crippen LogP contribution is 2.25. The Morgan fingerprint density at radius 2 is 1.92 bits per heavy atom. The predicted molar refractivity (Wildman–Crippen MR) is 42.3 cm³/mol. The molecule has 0 aromatic rings. The van der Waals surface area contributed by atoms with Crippen LogP contribution in [0.25, 0.3) is 0 Å². The van der Waals surface area contributed by atoms with Crippen LogP contribution >= 0.6 is 23.8 Å². The van der Waals surface area contributed by atoms with Crippen LogP contribution < -0.4 is 0 Å². The van der Waals surface area contributed by atoms with E-state index in [2.05, 4.69) is 20.7 Å². The van der Waals surface area contributed by atoms with Gasteiger partial charge in [-0.25, -0.2) is 4.57 Å². The second-order valence-electron chi connectivity index (χ2n) is 1.95. The lowest BCUT2D eigenvalue weighted by Gasteiger charge is -1.93. The first-order valence-corrected chi connectivity index (χ1v) is 5.39. The Bertz CT molecular complexity index is 191. The third kappa shape index (κ3) is 10.1. The lowest BCUT2D eigenvalue weighted by molar-refractivity contribution is -0.138. The highest BCUT2D eigenvalue weighted by molar-refractivity contribution is 9.09. The van der Waals surface area contributed by atoms with Gasteiger partial charge in [-0.1, -0.05) is 0 Å². The Morgan fingerprint density at radius 3 is 2.00 bits per heavy atom. The molecule has 1 saturated heterocycles. The van der Waals surface area contributed by atoms with Crippen molar-refractivity contribution in [2.45, 2.75) is 17.9 Å². The van der Waals surface area contributed by atoms with Gasteiger partial charge in [-0.2, -0.15) is 0 Å². The minimum Gasteiger partial charge on any atom is -0.451 e. The molecule has 12 heavy (non-hydrogen) atoms. The summed E-state index contributed by atoms with van der Waals surface area (Å²) in [6, 6.07) is 0. The summed E-state index contributed by atoms with van der Waals surface area (Å²) in [5.41, 5.74) is 0. The molecule has 1 aliphatic heterocycles. The Balaban J connectivity index is 0.000000217. The van der Waals surface area contributed by atoms with Gasteiger partial charge >= 0.3 is 13.8 Å². The number of carbonyl (C=O) groups is 1. The third-order valence-electron chi connectivity index (χ3n) is 0.835. The van der Waals surface area contributed by atoms with Gasteiger partial charge in [0.25, 0.3) is 0 Å². The maximum absolute atomic E-state index is 10.2. The van der Waals surface area contributed by atoms with Crippen molar-refractivity contribution >= 4 is 29.7 Å². The average molecular weight is 263 g/mol. The molecule has 0 aromatic heterocycles. The minimum atomic E-state index is -4.64. The number of hydrogen-bond acceptors (Lipinski definition) is 3. The SMILES string of the molecule is O=C1CCC(Br)O1.O=P(O)(O)O. The van der Waals surface area contributed by atoms with Crippen LogP contribution in [0.2, 0.25) is 0 Å². The second-order valence-corrected chi connectivity index (χ2v) is 4.00. The summed E-state index contributed by atoms with van der Waals surface area (Å²) in [5, 5.41) is -0.0139. The van der Waals surface area contributed by atoms with Gasteiger partial charge in [-0.3, -0.25) is 4.79 Å². The molecule has 6 nitrogen and oxygen atoms in total. The number of halogens is 1. The van der Waals surface area contributed by atoms with E-state index in [9.17, 15) is 4.79 Å². The molecule has 1 atom stereocenters. The molecular weight excluding hydrogens is 255 g/mol. The van der Waals surface area contributed by atoms with Crippen LogP contribution in [0.4, 0.5) is 0 Å². The molecule has 1 heterocycles. The number of alkyl halides is 1. The molecule has 1 unspecified atom stereocenters. The average Bonchev–Trinajstić information content (AvgIpc) is 2.09. The zero-order valence-corrected chi connectivity index (χ0v) is 8.36. The fourth-order valence-electron chi connectivity index (χ4n) is 0.492. The van der Waals surface area contributed by atoms with E-state index in [1.54, 1.807) is 0 Å². The Labute approximate surface area is 76.9 Å². The fraction of sp³-hybridized carbons (Fsp3) is 0.750. The molecule has 0 saturated carbocycles. The van der Waals surface area contributed by atoms with Crippen LogP contribution in [0, 0.1) is 0 Å². The van der Waals surface area contributed by atoms with Gasteiger partial charge in [0.2, 0.25) is 0 Å². The number of phosphoric acid groups is 1. The summed E-state index contributed by atoms with van der Waals surface area (Å²) < 4.78 is 13.5. The highest BCUT2D eigenvalue weighted by Gasteiger charge is 2.19. The van der Waals surface area contributed by atoms with Gasteiger partial charge < -0.3 is 19.4 Å². The number of hydrogen-bond donors (Lipinski definition) is 3. The standard InChI is InChI=1S/C4H5BrO2.H3O4P/c5-3-1-2-4(6)7-3;1-5(2,3)4/h3H,1-2H2;(H3,1,2,3,4). The molecule has 72 valence electrons. The number of cyclic esters (lactones) is 1. The van der Waals surface area contributed by atoms with Crippen LogP contribution in [0.15, 0.2) is 0 Å². The van der Waals surface area contributed by atoms with Crippen molar-refractivity contribution in [3.63, 3.8) is 0 Å². The van der Waals surface area contributed by atoms with Crippen LogP contribution in [0.3, 0.4) is 0 Å². The van der Waals surface area contributed by atoms with Crippen molar-refractivity contribution in [3.8, 4) is 0 Å². The summed E-state index contributed by atoms with van der Waals surface area (Å²) in [5.74, 6) is -0.0955. The van der Waals surface area contributed by atoms with Gasteiger partial charge in [0.05, 0.1) is 0 Å². The van der Waals surface area contributed by atoms with Gasteiger partial charge in [0.15, 0.2) is 5.01 Å². The first-order chi connectivity index (χ1) is 5.29. The molecule has 0 aromatic carbocycles. The smallest absolute Gasteiger partial charge is 0.451 e. The monoisotopic (exact) mass is 262 g/mol. The third-order valence-corrected chi connectivity index (χ3v) is 1.48. The van der Waals surface area contributed by atoms with Crippen molar-refractivity contribution in [1.82, 2.24) is 0 Å². The van der Waals surface area contributed by atoms with E-state index < -0.39 is 7.82 Å². The number of carbonyl (C=O) groups excluding carboxylic acids is 1. The van der Waals surface area contributed by atoms with E-state index >= 15 is 0 Å². The molecule has 0 aliphatic carbocycles. The fourth-order valence-corrected chi connectivity index (χ4v) is 0.929. The van der Waals surface area contributed by atoms with Gasteiger partial charge in [-0.05, 0) is 15.9 Å². The van der Waals surface area contributed by atoms with E-state index in [4.69, 9.17) is 19.2 Å². The van der Waals surface area contributed by atoms with Crippen LogP contribution in [0.5, 0.6) is 0 Å². The first-order valence-electron chi connectivity index (χ1n) is 2.91. The number of rotatable bonds is 0. The molecule has 0 amide bonds. The van der Waals surface area contributed by atoms with E-state index in [0.717, 1.165) is 6.42 Å². The maximum atomic E-state index is 10.2. The van der Waals surface area contributed by atoms with Crippen LogP contribution in [0.1, 0.15) is 12.8 Å². The number of esters is 1. The van der Waals surface area contributed by atoms with E-state index in [1.165, 1.54) is 0 Å². The molecular formula is C4H8BrO6P. The van der Waals surface area contributed by atoms with Crippen molar-refractivity contribution < 1.29 is 28.8 Å². The summed E-state index contributed by atoms with van der Waals surface area (Å²) in [4.78, 5) is 31.8. The summed E-state index contributed by atoms with van der Waals surface area (Å²) in [6.45, 7) is 0. The molecule has 3 N–H and O–H groups in total. The molecule has 0 radical (unpaired) electrons. The first kappa shape index (κ1) is 12.1. The Morgan fingerprint density at radius 1 is 1.50 bits per heavy atom. The van der Waals surface area contributed by atoms with Crippen molar-refractivity contribution in [3.05, 3.63) is 0 Å². The zero-order valence-electron chi connectivity index (χ0n) is 5.88. The van der Waals surface area contributed by atoms with Gasteiger partial charge in [0.1, 0.15) is 0 Å². The summed E-state index contributed by atoms with van der Waals surface area (Å²) >= 11 is 3.14. The van der Waals surface area contributed by atoms with E-state index in [0.29, 0.717) is 6.42 Å². The largest absolute Gasteiger partial charge is 0.466 e. The lowest BCUT2D eigenvalue weighted by Crippen LogP contribution is -1.95. The number of ether oxygens (including phenoxy) is 1. The van der Waals surface area contributed by atoms with Crippen molar-refractivity contribution in [1.29, 1.82) is 0 Å². The van der Waals surface area contributed by atoms with Crippen LogP contribution in [-0.2, 0) is 14.1 Å². The molecule has 0 spiro atoms. The minimum absolute atomic E-state index is 0.0139. The maximum Gasteiger partial charge on any atom is 0.466 e. The van der Waals surface area contributed by atoms with Crippen molar-refractivity contribution in [2.24, 2.45) is 0 Å². The van der Waals surface area contributed by atoms with Crippen LogP contribution in [-0.4, -0.2) is 25.7 Å². The summed E-state index contributed by atoms with van der Waals surface area (Å²) in [6.07, 6.45) is 1.38. The molecule has 1 aliphatic rings. The van der Waals surface area contributed by atoms with Gasteiger partial charge in [-0.15, -0.1) is 0 Å². The highest BCUT2D eigenvalue weighted by atomic mass is 79.9.